The number of carbonyl (C=O) groups excluding carboxylic acids is 4. The molecule has 0 heterocycles. The number of hydrogen-bond donors (Lipinski definition) is 0. The molecule has 0 aromatic heterocycles. The van der Waals surface area contributed by atoms with Gasteiger partial charge in [-0.3, -0.25) is 10.1 Å². The van der Waals surface area contributed by atoms with E-state index in [1.165, 1.54) is 18.2 Å². The summed E-state index contributed by atoms with van der Waals surface area (Å²) in [5, 5.41) is 10.5. The number of nitro groups is 1. The zero-order valence-corrected chi connectivity index (χ0v) is 24.3. The van der Waals surface area contributed by atoms with E-state index in [9.17, 15) is 29.3 Å². The van der Waals surface area contributed by atoms with Crippen LogP contribution in [0.2, 0.25) is 0 Å². The van der Waals surface area contributed by atoms with E-state index in [-0.39, 0.29) is 16.8 Å². The summed E-state index contributed by atoms with van der Waals surface area (Å²) in [5.74, 6) is -3.13. The van der Waals surface area contributed by atoms with Crippen LogP contribution in [0.5, 0.6) is 0 Å². The van der Waals surface area contributed by atoms with Gasteiger partial charge in [0, 0.05) is 15.7 Å². The highest BCUT2D eigenvalue weighted by atomic mass is 127. The standard InChI is InChI=1S/C16H14O4.C14H8INO6/c1-11-5-3-7-13(9-11)15(17)19-20-16(18)14-8-4-6-12(2)10-14;15-12-4-2-1-3-11(12)14(18)22-21-13(17)9-5-7-10(8-6-9)16(19)20/h3-10H,1-2H3;1-8H. The molecule has 0 spiro atoms. The smallest absolute Gasteiger partial charge is 0.258 e. The van der Waals surface area contributed by atoms with E-state index in [4.69, 9.17) is 0 Å². The van der Waals surface area contributed by atoms with Gasteiger partial charge in [-0.05, 0) is 85.0 Å². The lowest BCUT2D eigenvalue weighted by Crippen LogP contribution is -2.12. The maximum absolute atomic E-state index is 11.8. The Kier molecular flexibility index (Phi) is 11.3. The highest BCUT2D eigenvalue weighted by Gasteiger charge is 2.17. The van der Waals surface area contributed by atoms with E-state index in [1.807, 2.05) is 48.6 Å². The number of aryl methyl sites for hydroxylation is 2. The summed E-state index contributed by atoms with van der Waals surface area (Å²) < 4.78 is 0.650. The predicted octanol–water partition coefficient (Wildman–Crippen LogP) is 6.36. The van der Waals surface area contributed by atoms with Gasteiger partial charge in [-0.2, -0.15) is 0 Å². The van der Waals surface area contributed by atoms with E-state index in [2.05, 4.69) is 19.6 Å². The second-order valence-corrected chi connectivity index (χ2v) is 9.67. The van der Waals surface area contributed by atoms with Crippen molar-refractivity contribution in [3.63, 3.8) is 0 Å². The monoisotopic (exact) mass is 683 g/mol. The fraction of sp³-hybridized carbons (Fsp3) is 0.0667. The molecule has 42 heavy (non-hydrogen) atoms. The molecule has 4 aromatic rings. The maximum Gasteiger partial charge on any atom is 0.387 e. The Bertz CT molecular complexity index is 1560. The van der Waals surface area contributed by atoms with E-state index in [0.29, 0.717) is 14.7 Å². The number of hydrogen-bond acceptors (Lipinski definition) is 10. The number of benzene rings is 4. The molecule has 0 aliphatic rings. The normalized spacial score (nSPS) is 9.88. The highest BCUT2D eigenvalue weighted by Crippen LogP contribution is 2.15. The van der Waals surface area contributed by atoms with Crippen LogP contribution < -0.4 is 0 Å². The Hall–Kier alpha value is -5.11. The first-order valence-corrected chi connectivity index (χ1v) is 13.1. The topological polar surface area (TPSA) is 148 Å². The summed E-state index contributed by atoms with van der Waals surface area (Å²) in [7, 11) is 0. The predicted molar refractivity (Wildman–Crippen MR) is 156 cm³/mol. The van der Waals surface area contributed by atoms with Gasteiger partial charge in [0.05, 0.1) is 27.2 Å². The molecule has 0 aliphatic carbocycles. The third kappa shape index (κ3) is 9.23. The van der Waals surface area contributed by atoms with Crippen molar-refractivity contribution in [1.82, 2.24) is 0 Å². The van der Waals surface area contributed by atoms with Crippen LogP contribution in [0.25, 0.3) is 0 Å². The highest BCUT2D eigenvalue weighted by molar-refractivity contribution is 14.1. The molecule has 0 amide bonds. The molecule has 4 rings (SSSR count). The van der Waals surface area contributed by atoms with Crippen molar-refractivity contribution in [1.29, 1.82) is 0 Å². The molecular weight excluding hydrogens is 661 g/mol. The van der Waals surface area contributed by atoms with Gasteiger partial charge in [-0.25, -0.2) is 38.7 Å². The minimum absolute atomic E-state index is 0.0289. The first kappa shape index (κ1) is 31.4. The fourth-order valence-electron chi connectivity index (χ4n) is 3.23. The third-order valence-electron chi connectivity index (χ3n) is 5.30. The van der Waals surface area contributed by atoms with Crippen molar-refractivity contribution >= 4 is 52.2 Å². The zero-order chi connectivity index (χ0) is 30.6. The Morgan fingerprint density at radius 3 is 1.50 bits per heavy atom. The van der Waals surface area contributed by atoms with E-state index in [1.54, 1.807) is 54.6 Å². The van der Waals surface area contributed by atoms with Gasteiger partial charge in [0.25, 0.3) is 5.69 Å². The molecule has 0 saturated heterocycles. The quantitative estimate of drug-likeness (QED) is 0.101. The molecule has 4 aromatic carbocycles. The van der Waals surface area contributed by atoms with Crippen LogP contribution in [0.15, 0.2) is 97.1 Å². The van der Waals surface area contributed by atoms with Crippen molar-refractivity contribution in [3.05, 3.63) is 144 Å². The van der Waals surface area contributed by atoms with Crippen LogP contribution in [0.1, 0.15) is 52.6 Å². The second kappa shape index (κ2) is 15.0. The summed E-state index contributed by atoms with van der Waals surface area (Å²) in [6.45, 7) is 3.71. The van der Waals surface area contributed by atoms with E-state index < -0.39 is 28.8 Å². The van der Waals surface area contributed by atoms with Gasteiger partial charge in [0.1, 0.15) is 0 Å². The van der Waals surface area contributed by atoms with Crippen LogP contribution >= 0.6 is 22.6 Å². The number of non-ortho nitro benzene ring substituents is 1. The van der Waals surface area contributed by atoms with Crippen LogP contribution in [0, 0.1) is 27.5 Å². The van der Waals surface area contributed by atoms with Crippen LogP contribution in [-0.4, -0.2) is 28.8 Å². The number of carbonyl (C=O) groups is 4. The van der Waals surface area contributed by atoms with Gasteiger partial charge < -0.3 is 0 Å². The van der Waals surface area contributed by atoms with Crippen molar-refractivity contribution in [2.24, 2.45) is 0 Å². The number of halogens is 1. The minimum atomic E-state index is -0.922. The SMILES string of the molecule is Cc1cccc(C(=O)OOC(=O)c2cccc(C)c2)c1.O=C(OOC(=O)c1ccccc1I)c1ccc([N+](=O)[O-])cc1. The summed E-state index contributed by atoms with van der Waals surface area (Å²) in [6, 6.07) is 25.0. The number of nitro benzene ring substituents is 1. The van der Waals surface area contributed by atoms with Gasteiger partial charge >= 0.3 is 23.9 Å². The lowest BCUT2D eigenvalue weighted by atomic mass is 10.1. The number of nitrogens with zero attached hydrogens (tertiary/aromatic N) is 1. The molecule has 0 unspecified atom stereocenters. The van der Waals surface area contributed by atoms with E-state index in [0.717, 1.165) is 23.3 Å². The molecule has 11 nitrogen and oxygen atoms in total. The summed E-state index contributed by atoms with van der Waals surface area (Å²) in [5.41, 5.74) is 2.64. The summed E-state index contributed by atoms with van der Waals surface area (Å²) in [6.07, 6.45) is 0. The summed E-state index contributed by atoms with van der Waals surface area (Å²) in [4.78, 5) is 74.8. The molecule has 0 saturated carbocycles. The fourth-order valence-corrected chi connectivity index (χ4v) is 3.84. The van der Waals surface area contributed by atoms with Crippen molar-refractivity contribution in [2.75, 3.05) is 0 Å². The Morgan fingerprint density at radius 1 is 0.595 bits per heavy atom. The van der Waals surface area contributed by atoms with E-state index >= 15 is 0 Å². The minimum Gasteiger partial charge on any atom is -0.258 e. The van der Waals surface area contributed by atoms with Crippen LogP contribution in [-0.2, 0) is 19.6 Å². The van der Waals surface area contributed by atoms with Gasteiger partial charge in [-0.15, -0.1) is 0 Å². The van der Waals surface area contributed by atoms with Crippen molar-refractivity contribution in [3.8, 4) is 0 Å². The first-order chi connectivity index (χ1) is 20.0. The zero-order valence-electron chi connectivity index (χ0n) is 22.1. The molecule has 0 aliphatic heterocycles. The molecule has 12 heteroatoms. The maximum atomic E-state index is 11.8. The van der Waals surface area contributed by atoms with Gasteiger partial charge in [-0.1, -0.05) is 47.5 Å². The molecule has 0 bridgehead atoms. The molecule has 0 radical (unpaired) electrons. The average Bonchev–Trinajstić information content (AvgIpc) is 2.99. The molecule has 214 valence electrons. The molecule has 0 fully saturated rings. The van der Waals surface area contributed by atoms with Crippen molar-refractivity contribution < 1.29 is 43.7 Å². The first-order valence-electron chi connectivity index (χ1n) is 12.0. The van der Waals surface area contributed by atoms with Crippen LogP contribution in [0.4, 0.5) is 5.69 Å². The lowest BCUT2D eigenvalue weighted by molar-refractivity contribution is -0.384. The van der Waals surface area contributed by atoms with Crippen molar-refractivity contribution in [2.45, 2.75) is 13.8 Å². The molecule has 0 N–H and O–H groups in total. The lowest BCUT2D eigenvalue weighted by Gasteiger charge is -2.04. The molecular formula is C30H22INO10. The molecule has 0 atom stereocenters. The average molecular weight is 683 g/mol. The second-order valence-electron chi connectivity index (χ2n) is 8.51. The number of rotatable bonds is 5. The Labute approximate surface area is 253 Å². The van der Waals surface area contributed by atoms with Crippen LogP contribution in [0.3, 0.4) is 0 Å². The van der Waals surface area contributed by atoms with Gasteiger partial charge in [0.2, 0.25) is 0 Å². The summed E-state index contributed by atoms with van der Waals surface area (Å²) >= 11 is 1.95. The largest absolute Gasteiger partial charge is 0.387 e. The Morgan fingerprint density at radius 2 is 1.05 bits per heavy atom. The van der Waals surface area contributed by atoms with Gasteiger partial charge in [0.15, 0.2) is 0 Å². The third-order valence-corrected chi connectivity index (χ3v) is 6.24. The Balaban J connectivity index is 0.000000231.